The number of benzene rings is 2. The summed E-state index contributed by atoms with van der Waals surface area (Å²) >= 11 is 7.89. The van der Waals surface area contributed by atoms with Crippen LogP contribution in [0.1, 0.15) is 31.4 Å². The molecule has 2 aromatic rings. The van der Waals surface area contributed by atoms with E-state index in [4.69, 9.17) is 22.3 Å². The van der Waals surface area contributed by atoms with Crippen LogP contribution in [0.15, 0.2) is 53.5 Å². The molecule has 0 bridgehead atoms. The Hall–Kier alpha value is -1.33. The molecular weight excluding hydrogens is 350 g/mol. The second-order valence-electron chi connectivity index (χ2n) is 6.15. The van der Waals surface area contributed by atoms with Crippen molar-refractivity contribution in [2.24, 2.45) is 10.7 Å². The van der Waals surface area contributed by atoms with Crippen LogP contribution < -0.4 is 5.73 Å². The number of nitrogens with zero attached hydrogens (tertiary/aromatic N) is 2. The Morgan fingerprint density at radius 2 is 1.84 bits per heavy atom. The molecule has 3 rings (SSSR count). The lowest BCUT2D eigenvalue weighted by molar-refractivity contribution is 0.313. The number of fused-ring (bicyclic) bond motifs is 1. The van der Waals surface area contributed by atoms with Crippen molar-refractivity contribution in [2.45, 2.75) is 25.1 Å². The molecule has 1 aliphatic heterocycles. The molecule has 1 unspecified atom stereocenters. The zero-order valence-corrected chi connectivity index (χ0v) is 16.3. The lowest BCUT2D eigenvalue weighted by atomic mass is 9.97. The fourth-order valence-electron chi connectivity index (χ4n) is 3.10. The number of hydrogen-bond acceptors (Lipinski definition) is 4. The summed E-state index contributed by atoms with van der Waals surface area (Å²) in [6, 6.07) is 16.0. The molecule has 0 aromatic heterocycles. The third kappa shape index (κ3) is 3.93. The van der Waals surface area contributed by atoms with Crippen LogP contribution in [0.3, 0.4) is 0 Å². The van der Waals surface area contributed by atoms with E-state index in [1.165, 1.54) is 0 Å². The number of thioether (sulfide) groups is 1. The average Bonchev–Trinajstić information content (AvgIpc) is 2.64. The van der Waals surface area contributed by atoms with E-state index < -0.39 is 4.87 Å². The van der Waals surface area contributed by atoms with E-state index in [0.29, 0.717) is 5.02 Å². The minimum Gasteiger partial charge on any atom is -0.309 e. The SMILES string of the molecule is CCN(CC)CCC1=Nc2ccc(Cl)cc2C(N)(c2ccccc2)S1. The molecule has 5 heteroatoms. The highest BCUT2D eigenvalue weighted by Crippen LogP contribution is 2.48. The minimum atomic E-state index is -0.665. The third-order valence-electron chi connectivity index (χ3n) is 4.62. The summed E-state index contributed by atoms with van der Waals surface area (Å²) in [6.45, 7) is 7.47. The lowest BCUT2D eigenvalue weighted by Gasteiger charge is -2.35. The van der Waals surface area contributed by atoms with Gasteiger partial charge in [0.15, 0.2) is 0 Å². The monoisotopic (exact) mass is 373 g/mol. The maximum atomic E-state index is 6.93. The van der Waals surface area contributed by atoms with Crippen molar-refractivity contribution in [3.63, 3.8) is 0 Å². The van der Waals surface area contributed by atoms with Crippen molar-refractivity contribution in [3.05, 3.63) is 64.7 Å². The van der Waals surface area contributed by atoms with Gasteiger partial charge >= 0.3 is 0 Å². The topological polar surface area (TPSA) is 41.6 Å². The maximum Gasteiger partial charge on any atom is 0.121 e. The van der Waals surface area contributed by atoms with Crippen LogP contribution >= 0.6 is 23.4 Å². The standard InChI is InChI=1S/C20H24ClN3S/c1-3-24(4-2)13-12-19-23-18-11-10-16(21)14-17(18)20(22,25-19)15-8-6-5-7-9-15/h5-11,14H,3-4,12-13,22H2,1-2H3. The van der Waals surface area contributed by atoms with Gasteiger partial charge in [-0.2, -0.15) is 0 Å². The first-order valence-electron chi connectivity index (χ1n) is 8.70. The molecule has 0 aliphatic carbocycles. The molecule has 2 N–H and O–H groups in total. The molecule has 1 heterocycles. The quantitative estimate of drug-likeness (QED) is 0.773. The molecule has 0 saturated heterocycles. The van der Waals surface area contributed by atoms with Gasteiger partial charge in [0.2, 0.25) is 0 Å². The molecule has 1 aliphatic rings. The Morgan fingerprint density at radius 3 is 2.52 bits per heavy atom. The Balaban J connectivity index is 1.98. The molecule has 3 nitrogen and oxygen atoms in total. The Labute approximate surface area is 159 Å². The van der Waals surface area contributed by atoms with Crippen LogP contribution in [0.2, 0.25) is 5.02 Å². The molecule has 1 atom stereocenters. The zero-order valence-electron chi connectivity index (χ0n) is 14.7. The van der Waals surface area contributed by atoms with Crippen LogP contribution in [-0.2, 0) is 4.87 Å². The molecule has 2 aromatic carbocycles. The molecule has 0 spiro atoms. The normalized spacial score (nSPS) is 19.6. The number of hydrogen-bond donors (Lipinski definition) is 1. The molecule has 25 heavy (non-hydrogen) atoms. The van der Waals surface area contributed by atoms with Gasteiger partial charge < -0.3 is 10.6 Å². The summed E-state index contributed by atoms with van der Waals surface area (Å²) in [7, 11) is 0. The predicted molar refractivity (Wildman–Crippen MR) is 110 cm³/mol. The Bertz CT molecular complexity index is 759. The van der Waals surface area contributed by atoms with Crippen molar-refractivity contribution in [3.8, 4) is 0 Å². The van der Waals surface area contributed by atoms with Crippen molar-refractivity contribution < 1.29 is 0 Å². The molecule has 0 amide bonds. The average molecular weight is 374 g/mol. The fourth-order valence-corrected chi connectivity index (χ4v) is 4.51. The van der Waals surface area contributed by atoms with E-state index in [1.54, 1.807) is 11.8 Å². The van der Waals surface area contributed by atoms with Crippen molar-refractivity contribution in [2.75, 3.05) is 19.6 Å². The molecule has 0 saturated carbocycles. The van der Waals surface area contributed by atoms with Gasteiger partial charge in [0, 0.05) is 23.6 Å². The van der Waals surface area contributed by atoms with E-state index in [-0.39, 0.29) is 0 Å². The van der Waals surface area contributed by atoms with E-state index in [9.17, 15) is 0 Å². The number of nitrogens with two attached hydrogens (primary N) is 1. The summed E-state index contributed by atoms with van der Waals surface area (Å²) in [5.74, 6) is 0. The van der Waals surface area contributed by atoms with Crippen LogP contribution in [0, 0.1) is 0 Å². The molecule has 0 fully saturated rings. The lowest BCUT2D eigenvalue weighted by Crippen LogP contribution is -2.38. The first kappa shape index (κ1) is 18.5. The summed E-state index contributed by atoms with van der Waals surface area (Å²) in [6.07, 6.45) is 0.903. The number of halogens is 1. The van der Waals surface area contributed by atoms with Gasteiger partial charge in [-0.1, -0.05) is 67.5 Å². The first-order valence-corrected chi connectivity index (χ1v) is 9.89. The van der Waals surface area contributed by atoms with E-state index in [0.717, 1.165) is 47.9 Å². The van der Waals surface area contributed by atoms with Crippen LogP contribution in [0.5, 0.6) is 0 Å². The zero-order chi connectivity index (χ0) is 17.9. The smallest absolute Gasteiger partial charge is 0.121 e. The van der Waals surface area contributed by atoms with Gasteiger partial charge in [0.25, 0.3) is 0 Å². The van der Waals surface area contributed by atoms with Gasteiger partial charge in [0.1, 0.15) is 4.87 Å². The number of aliphatic imine (C=N–C) groups is 1. The summed E-state index contributed by atoms with van der Waals surface area (Å²) < 4.78 is 0. The maximum absolute atomic E-state index is 6.93. The second kappa shape index (κ2) is 7.92. The first-order chi connectivity index (χ1) is 12.1. The second-order valence-corrected chi connectivity index (χ2v) is 7.90. The van der Waals surface area contributed by atoms with Crippen LogP contribution in [0.4, 0.5) is 5.69 Å². The largest absolute Gasteiger partial charge is 0.309 e. The van der Waals surface area contributed by atoms with Gasteiger partial charge in [-0.25, -0.2) is 4.99 Å². The summed E-state index contributed by atoms with van der Waals surface area (Å²) in [5.41, 5.74) is 9.90. The van der Waals surface area contributed by atoms with Crippen molar-refractivity contribution in [1.29, 1.82) is 0 Å². The summed E-state index contributed by atoms with van der Waals surface area (Å²) in [4.78, 5) is 6.60. The highest BCUT2D eigenvalue weighted by atomic mass is 35.5. The van der Waals surface area contributed by atoms with E-state index in [2.05, 4.69) is 30.9 Å². The van der Waals surface area contributed by atoms with Gasteiger partial charge in [-0.15, -0.1) is 0 Å². The summed E-state index contributed by atoms with van der Waals surface area (Å²) in [5, 5.41) is 1.76. The highest BCUT2D eigenvalue weighted by molar-refractivity contribution is 8.14. The van der Waals surface area contributed by atoms with Crippen LogP contribution in [0.25, 0.3) is 0 Å². The van der Waals surface area contributed by atoms with Crippen molar-refractivity contribution >= 4 is 34.1 Å². The highest BCUT2D eigenvalue weighted by Gasteiger charge is 2.37. The van der Waals surface area contributed by atoms with Crippen LogP contribution in [-0.4, -0.2) is 29.6 Å². The molecular formula is C20H24ClN3S. The molecule has 0 radical (unpaired) electrons. The van der Waals surface area contributed by atoms with Gasteiger partial charge in [-0.3, -0.25) is 0 Å². The predicted octanol–water partition coefficient (Wildman–Crippen LogP) is 5.01. The third-order valence-corrected chi connectivity index (χ3v) is 6.17. The molecule has 132 valence electrons. The van der Waals surface area contributed by atoms with Gasteiger partial charge in [0.05, 0.1) is 10.7 Å². The van der Waals surface area contributed by atoms with Gasteiger partial charge in [-0.05, 0) is 36.9 Å². The Morgan fingerprint density at radius 1 is 1.12 bits per heavy atom. The van der Waals surface area contributed by atoms with Crippen molar-refractivity contribution in [1.82, 2.24) is 4.90 Å². The minimum absolute atomic E-state index is 0.665. The number of rotatable bonds is 6. The van der Waals surface area contributed by atoms with E-state index in [1.807, 2.05) is 36.4 Å². The van der Waals surface area contributed by atoms with E-state index >= 15 is 0 Å². The fraction of sp³-hybridized carbons (Fsp3) is 0.350. The Kier molecular flexibility index (Phi) is 5.85.